The van der Waals surface area contributed by atoms with E-state index in [1.54, 1.807) is 12.5 Å². The molecule has 2 aromatic rings. The van der Waals surface area contributed by atoms with E-state index in [0.717, 1.165) is 12.1 Å². The van der Waals surface area contributed by atoms with E-state index in [-0.39, 0.29) is 0 Å². The number of aromatic nitrogens is 4. The van der Waals surface area contributed by atoms with Crippen LogP contribution in [0.2, 0.25) is 0 Å². The molecule has 0 amide bonds. The van der Waals surface area contributed by atoms with Crippen molar-refractivity contribution in [3.8, 4) is 11.6 Å². The van der Waals surface area contributed by atoms with E-state index >= 15 is 0 Å². The highest BCUT2D eigenvalue weighted by atomic mass is 16.4. The van der Waals surface area contributed by atoms with E-state index in [1.807, 2.05) is 6.92 Å². The second-order valence-corrected chi connectivity index (χ2v) is 2.32. The Labute approximate surface area is 68.8 Å². The van der Waals surface area contributed by atoms with E-state index in [2.05, 4.69) is 20.2 Å². The summed E-state index contributed by atoms with van der Waals surface area (Å²) in [5.74, 6) is 1.13. The number of hydrogen-bond acceptors (Lipinski definition) is 4. The Balaban J connectivity index is 2.35. The SMILES string of the molecule is CCc1nnc(-c2cnc[nH]2)o1. The van der Waals surface area contributed by atoms with Gasteiger partial charge in [-0.3, -0.25) is 0 Å². The number of nitrogens with one attached hydrogen (secondary N) is 1. The molecule has 5 nitrogen and oxygen atoms in total. The first kappa shape index (κ1) is 7.02. The number of aryl methyl sites for hydroxylation is 1. The zero-order valence-electron chi connectivity index (χ0n) is 6.61. The highest BCUT2D eigenvalue weighted by Crippen LogP contribution is 2.13. The van der Waals surface area contributed by atoms with Crippen LogP contribution >= 0.6 is 0 Å². The summed E-state index contributed by atoms with van der Waals surface area (Å²) < 4.78 is 5.28. The van der Waals surface area contributed by atoms with Crippen LogP contribution in [0, 0.1) is 0 Å². The number of aromatic amines is 1. The molecule has 0 spiro atoms. The summed E-state index contributed by atoms with van der Waals surface area (Å²) in [6.45, 7) is 1.96. The summed E-state index contributed by atoms with van der Waals surface area (Å²) >= 11 is 0. The number of nitrogens with zero attached hydrogens (tertiary/aromatic N) is 3. The minimum atomic E-state index is 0.490. The number of imidazole rings is 1. The van der Waals surface area contributed by atoms with Crippen LogP contribution in [0.15, 0.2) is 16.9 Å². The van der Waals surface area contributed by atoms with Gasteiger partial charge in [0, 0.05) is 6.42 Å². The van der Waals surface area contributed by atoms with E-state index in [1.165, 1.54) is 0 Å². The maximum atomic E-state index is 5.28. The Morgan fingerprint density at radius 3 is 3.00 bits per heavy atom. The molecular weight excluding hydrogens is 156 g/mol. The molecular formula is C7H8N4O. The van der Waals surface area contributed by atoms with Gasteiger partial charge in [0.25, 0.3) is 5.89 Å². The van der Waals surface area contributed by atoms with Gasteiger partial charge in [-0.05, 0) is 0 Å². The molecule has 0 radical (unpaired) electrons. The smallest absolute Gasteiger partial charge is 0.265 e. The molecule has 0 aliphatic heterocycles. The van der Waals surface area contributed by atoms with Crippen LogP contribution in [0.4, 0.5) is 0 Å². The van der Waals surface area contributed by atoms with E-state index in [0.29, 0.717) is 11.8 Å². The van der Waals surface area contributed by atoms with Gasteiger partial charge in [0.05, 0.1) is 12.5 Å². The first-order valence-electron chi connectivity index (χ1n) is 3.71. The quantitative estimate of drug-likeness (QED) is 0.719. The first-order chi connectivity index (χ1) is 5.90. The van der Waals surface area contributed by atoms with Crippen molar-refractivity contribution in [2.75, 3.05) is 0 Å². The van der Waals surface area contributed by atoms with Crippen LogP contribution in [0.5, 0.6) is 0 Å². The normalized spacial score (nSPS) is 10.4. The number of hydrogen-bond donors (Lipinski definition) is 1. The van der Waals surface area contributed by atoms with Gasteiger partial charge in [0.15, 0.2) is 0 Å². The van der Waals surface area contributed by atoms with Crippen molar-refractivity contribution in [2.24, 2.45) is 0 Å². The van der Waals surface area contributed by atoms with Gasteiger partial charge in [0.1, 0.15) is 5.69 Å². The fourth-order valence-electron chi connectivity index (χ4n) is 0.878. The predicted octanol–water partition coefficient (Wildman–Crippen LogP) is 1.02. The molecule has 2 heterocycles. The summed E-state index contributed by atoms with van der Waals surface area (Å²) in [7, 11) is 0. The molecule has 0 saturated carbocycles. The maximum Gasteiger partial charge on any atom is 0.265 e. The fourth-order valence-corrected chi connectivity index (χ4v) is 0.878. The molecule has 62 valence electrons. The Hall–Kier alpha value is -1.65. The van der Waals surface area contributed by atoms with Crippen molar-refractivity contribution in [3.63, 3.8) is 0 Å². The minimum Gasteiger partial charge on any atom is -0.419 e. The second kappa shape index (κ2) is 2.77. The molecule has 5 heteroatoms. The number of H-pyrrole nitrogens is 1. The molecule has 0 atom stereocenters. The molecule has 2 aromatic heterocycles. The van der Waals surface area contributed by atoms with Crippen molar-refractivity contribution in [2.45, 2.75) is 13.3 Å². The van der Waals surface area contributed by atoms with Crippen molar-refractivity contribution in [1.82, 2.24) is 20.2 Å². The zero-order valence-corrected chi connectivity index (χ0v) is 6.61. The Kier molecular flexibility index (Phi) is 1.62. The van der Waals surface area contributed by atoms with Crippen molar-refractivity contribution >= 4 is 0 Å². The van der Waals surface area contributed by atoms with Crippen molar-refractivity contribution < 1.29 is 4.42 Å². The maximum absolute atomic E-state index is 5.28. The fraction of sp³-hybridized carbons (Fsp3) is 0.286. The summed E-state index contributed by atoms with van der Waals surface area (Å²) in [4.78, 5) is 6.73. The molecule has 2 rings (SSSR count). The molecule has 0 aromatic carbocycles. The van der Waals surface area contributed by atoms with Crippen molar-refractivity contribution in [1.29, 1.82) is 0 Å². The summed E-state index contributed by atoms with van der Waals surface area (Å²) in [6.07, 6.45) is 3.97. The van der Waals surface area contributed by atoms with Gasteiger partial charge in [-0.1, -0.05) is 6.92 Å². The van der Waals surface area contributed by atoms with Gasteiger partial charge in [0.2, 0.25) is 5.89 Å². The summed E-state index contributed by atoms with van der Waals surface area (Å²) in [5.41, 5.74) is 0.752. The van der Waals surface area contributed by atoms with E-state index in [9.17, 15) is 0 Å². The van der Waals surface area contributed by atoms with Crippen molar-refractivity contribution in [3.05, 3.63) is 18.4 Å². The van der Waals surface area contributed by atoms with Crippen LogP contribution in [0.25, 0.3) is 11.6 Å². The predicted molar refractivity (Wildman–Crippen MR) is 41.3 cm³/mol. The molecule has 1 N–H and O–H groups in total. The van der Waals surface area contributed by atoms with E-state index in [4.69, 9.17) is 4.42 Å². The average Bonchev–Trinajstić information content (AvgIpc) is 2.75. The van der Waals surface area contributed by atoms with Gasteiger partial charge < -0.3 is 9.40 Å². The Morgan fingerprint density at radius 2 is 2.42 bits per heavy atom. The Bertz CT molecular complexity index is 351. The highest BCUT2D eigenvalue weighted by Gasteiger charge is 2.06. The van der Waals surface area contributed by atoms with Crippen LogP contribution in [-0.4, -0.2) is 20.2 Å². The monoisotopic (exact) mass is 164 g/mol. The molecule has 0 unspecified atom stereocenters. The van der Waals surface area contributed by atoms with Gasteiger partial charge in [-0.15, -0.1) is 10.2 Å². The lowest BCUT2D eigenvalue weighted by atomic mass is 10.5. The third-order valence-corrected chi connectivity index (χ3v) is 1.50. The molecule has 0 aliphatic rings. The average molecular weight is 164 g/mol. The largest absolute Gasteiger partial charge is 0.419 e. The standard InChI is InChI=1S/C7H8N4O/c1-2-6-10-11-7(12-6)5-3-8-4-9-5/h3-4H,2H2,1H3,(H,8,9). The Morgan fingerprint density at radius 1 is 1.50 bits per heavy atom. The lowest BCUT2D eigenvalue weighted by molar-refractivity contribution is 0.511. The van der Waals surface area contributed by atoms with Gasteiger partial charge in [-0.2, -0.15) is 0 Å². The first-order valence-corrected chi connectivity index (χ1v) is 3.71. The number of rotatable bonds is 2. The second-order valence-electron chi connectivity index (χ2n) is 2.32. The zero-order chi connectivity index (χ0) is 8.39. The van der Waals surface area contributed by atoms with Gasteiger partial charge >= 0.3 is 0 Å². The third kappa shape index (κ3) is 1.09. The molecule has 0 saturated heterocycles. The molecule has 0 aliphatic carbocycles. The van der Waals surface area contributed by atoms with E-state index < -0.39 is 0 Å². The minimum absolute atomic E-state index is 0.490. The van der Waals surface area contributed by atoms with Crippen LogP contribution in [0.3, 0.4) is 0 Å². The highest BCUT2D eigenvalue weighted by molar-refractivity contribution is 5.43. The lowest BCUT2D eigenvalue weighted by Gasteiger charge is -1.84. The van der Waals surface area contributed by atoms with Gasteiger partial charge in [-0.25, -0.2) is 4.98 Å². The summed E-state index contributed by atoms with van der Waals surface area (Å²) in [5, 5.41) is 7.67. The van der Waals surface area contributed by atoms with Crippen LogP contribution in [-0.2, 0) is 6.42 Å². The topological polar surface area (TPSA) is 67.6 Å². The summed E-state index contributed by atoms with van der Waals surface area (Å²) in [6, 6.07) is 0. The lowest BCUT2D eigenvalue weighted by Crippen LogP contribution is -1.76. The molecule has 0 bridgehead atoms. The third-order valence-electron chi connectivity index (χ3n) is 1.50. The molecule has 0 fully saturated rings. The van der Waals surface area contributed by atoms with Crippen LogP contribution in [0.1, 0.15) is 12.8 Å². The molecule has 12 heavy (non-hydrogen) atoms. The van der Waals surface area contributed by atoms with Crippen LogP contribution < -0.4 is 0 Å².